The fourth-order valence-electron chi connectivity index (χ4n) is 2.59. The van der Waals surface area contributed by atoms with Crippen LogP contribution in [0.5, 0.6) is 0 Å². The van der Waals surface area contributed by atoms with Crippen LogP contribution in [0.15, 0.2) is 39.5 Å². The predicted molar refractivity (Wildman–Crippen MR) is 78.7 cm³/mol. The van der Waals surface area contributed by atoms with Gasteiger partial charge in [0, 0.05) is 23.2 Å². The molecule has 0 amide bonds. The molecule has 5 heteroatoms. The van der Waals surface area contributed by atoms with Gasteiger partial charge in [0.25, 0.3) is 0 Å². The molecule has 1 aliphatic rings. The van der Waals surface area contributed by atoms with E-state index in [9.17, 15) is 4.79 Å². The van der Waals surface area contributed by atoms with E-state index in [1.807, 2.05) is 36.2 Å². The summed E-state index contributed by atoms with van der Waals surface area (Å²) in [6.45, 7) is 4.63. The van der Waals surface area contributed by atoms with Gasteiger partial charge in [-0.1, -0.05) is 29.8 Å². The summed E-state index contributed by atoms with van der Waals surface area (Å²) < 4.78 is 5.23. The second-order valence-corrected chi connectivity index (χ2v) is 5.41. The van der Waals surface area contributed by atoms with Crippen molar-refractivity contribution >= 4 is 17.5 Å². The van der Waals surface area contributed by atoms with Crippen LogP contribution in [0.25, 0.3) is 0 Å². The number of halogens is 1. The standard InChI is InChI=1S/C15H15ClN2O2/c1-9-7-13(19)20-15-14(9)10(2)18(17-15)8-11-5-3-4-6-12(11)16/h3-7,10,17H,8H2,1-2H3. The van der Waals surface area contributed by atoms with Gasteiger partial charge in [-0.15, -0.1) is 0 Å². The van der Waals surface area contributed by atoms with E-state index < -0.39 is 0 Å². The van der Waals surface area contributed by atoms with Crippen LogP contribution in [0.2, 0.25) is 5.02 Å². The largest absolute Gasteiger partial charge is 0.405 e. The van der Waals surface area contributed by atoms with Gasteiger partial charge in [0.15, 0.2) is 0 Å². The van der Waals surface area contributed by atoms with E-state index >= 15 is 0 Å². The fraction of sp³-hybridized carbons (Fsp3) is 0.267. The molecule has 0 saturated carbocycles. The van der Waals surface area contributed by atoms with Crippen molar-refractivity contribution in [2.45, 2.75) is 26.4 Å². The molecule has 0 fully saturated rings. The molecule has 0 bridgehead atoms. The third-order valence-corrected chi connectivity index (χ3v) is 4.00. The molecule has 1 aromatic carbocycles. The number of benzene rings is 1. The predicted octanol–water partition coefficient (Wildman–Crippen LogP) is 3.51. The van der Waals surface area contributed by atoms with E-state index in [2.05, 4.69) is 12.3 Å². The van der Waals surface area contributed by atoms with Crippen molar-refractivity contribution in [2.75, 3.05) is 5.43 Å². The summed E-state index contributed by atoms with van der Waals surface area (Å²) in [5.41, 5.74) is 5.81. The van der Waals surface area contributed by atoms with Crippen molar-refractivity contribution in [3.8, 4) is 0 Å². The maximum atomic E-state index is 11.4. The third kappa shape index (κ3) is 2.21. The molecule has 2 heterocycles. The van der Waals surface area contributed by atoms with Gasteiger partial charge in [-0.2, -0.15) is 0 Å². The Hall–Kier alpha value is -1.78. The highest BCUT2D eigenvalue weighted by atomic mass is 35.5. The van der Waals surface area contributed by atoms with Gasteiger partial charge in [0.1, 0.15) is 0 Å². The lowest BCUT2D eigenvalue weighted by Gasteiger charge is -2.21. The molecule has 4 nitrogen and oxygen atoms in total. The average Bonchev–Trinajstić information content (AvgIpc) is 2.69. The molecule has 104 valence electrons. The van der Waals surface area contributed by atoms with Crippen LogP contribution in [-0.2, 0) is 6.54 Å². The van der Waals surface area contributed by atoms with Crippen LogP contribution in [0.4, 0.5) is 5.88 Å². The average molecular weight is 291 g/mol. The second-order valence-electron chi connectivity index (χ2n) is 5.00. The first-order valence-electron chi connectivity index (χ1n) is 6.47. The Kier molecular flexibility index (Phi) is 3.28. The van der Waals surface area contributed by atoms with Crippen LogP contribution < -0.4 is 11.1 Å². The molecule has 1 atom stereocenters. The van der Waals surface area contributed by atoms with Crippen molar-refractivity contribution in [1.82, 2.24) is 5.01 Å². The van der Waals surface area contributed by atoms with Crippen LogP contribution >= 0.6 is 11.6 Å². The monoisotopic (exact) mass is 290 g/mol. The topological polar surface area (TPSA) is 45.5 Å². The molecule has 1 unspecified atom stereocenters. The summed E-state index contributed by atoms with van der Waals surface area (Å²) in [5, 5.41) is 2.75. The summed E-state index contributed by atoms with van der Waals surface area (Å²) in [5.74, 6) is 0.537. The molecular weight excluding hydrogens is 276 g/mol. The normalized spacial score (nSPS) is 17.9. The fourth-order valence-corrected chi connectivity index (χ4v) is 2.79. The van der Waals surface area contributed by atoms with Gasteiger partial charge in [0.05, 0.1) is 6.04 Å². The van der Waals surface area contributed by atoms with Crippen LogP contribution in [0.3, 0.4) is 0 Å². The summed E-state index contributed by atoms with van der Waals surface area (Å²) in [6, 6.07) is 9.37. The van der Waals surface area contributed by atoms with Gasteiger partial charge in [0.2, 0.25) is 5.88 Å². The smallest absolute Gasteiger partial charge is 0.337 e. The van der Waals surface area contributed by atoms with E-state index in [1.54, 1.807) is 0 Å². The first-order chi connectivity index (χ1) is 9.56. The SMILES string of the molecule is Cc1cc(=O)oc2c1C(C)N(Cc1ccccc1Cl)N2. The van der Waals surface area contributed by atoms with Gasteiger partial charge in [-0.25, -0.2) is 9.80 Å². The highest BCUT2D eigenvalue weighted by molar-refractivity contribution is 6.31. The molecule has 0 spiro atoms. The summed E-state index contributed by atoms with van der Waals surface area (Å²) in [7, 11) is 0. The lowest BCUT2D eigenvalue weighted by Crippen LogP contribution is -2.26. The number of aryl methyl sites for hydroxylation is 1. The first-order valence-corrected chi connectivity index (χ1v) is 6.85. The number of hydrazine groups is 1. The van der Waals surface area contributed by atoms with E-state index in [0.717, 1.165) is 21.7 Å². The molecule has 2 aromatic rings. The minimum Gasteiger partial charge on any atom is -0.405 e. The van der Waals surface area contributed by atoms with Gasteiger partial charge >= 0.3 is 5.63 Å². The Morgan fingerprint density at radius 3 is 2.90 bits per heavy atom. The molecule has 3 rings (SSSR count). The van der Waals surface area contributed by atoms with Crippen molar-refractivity contribution < 1.29 is 4.42 Å². The molecule has 1 aromatic heterocycles. The Balaban J connectivity index is 1.91. The van der Waals surface area contributed by atoms with Crippen molar-refractivity contribution in [1.29, 1.82) is 0 Å². The molecule has 0 aliphatic carbocycles. The van der Waals surface area contributed by atoms with Crippen molar-refractivity contribution in [2.24, 2.45) is 0 Å². The quantitative estimate of drug-likeness (QED) is 0.919. The van der Waals surface area contributed by atoms with E-state index in [4.69, 9.17) is 16.0 Å². The second kappa shape index (κ2) is 4.96. The summed E-state index contributed by atoms with van der Waals surface area (Å²) in [4.78, 5) is 11.4. The van der Waals surface area contributed by atoms with E-state index in [-0.39, 0.29) is 11.7 Å². The Morgan fingerprint density at radius 2 is 2.15 bits per heavy atom. The highest BCUT2D eigenvalue weighted by Gasteiger charge is 2.30. The van der Waals surface area contributed by atoms with Crippen LogP contribution in [0.1, 0.15) is 29.7 Å². The lowest BCUT2D eigenvalue weighted by atomic mass is 10.1. The maximum absolute atomic E-state index is 11.4. The number of rotatable bonds is 2. The number of nitrogens with one attached hydrogen (secondary N) is 1. The number of hydrogen-bond acceptors (Lipinski definition) is 4. The summed E-state index contributed by atoms with van der Waals surface area (Å²) in [6.07, 6.45) is 0. The van der Waals surface area contributed by atoms with Gasteiger partial charge in [-0.05, 0) is 31.0 Å². The van der Waals surface area contributed by atoms with Crippen LogP contribution in [-0.4, -0.2) is 5.01 Å². The van der Waals surface area contributed by atoms with Gasteiger partial charge < -0.3 is 4.42 Å². The molecular formula is C15H15ClN2O2. The summed E-state index contributed by atoms with van der Waals surface area (Å²) >= 11 is 6.19. The molecule has 1 N–H and O–H groups in total. The highest BCUT2D eigenvalue weighted by Crippen LogP contribution is 2.37. The van der Waals surface area contributed by atoms with Crippen molar-refractivity contribution in [3.05, 3.63) is 62.5 Å². The van der Waals surface area contributed by atoms with Crippen LogP contribution in [0, 0.1) is 6.92 Å². The molecule has 0 saturated heterocycles. The minimum atomic E-state index is -0.333. The zero-order valence-electron chi connectivity index (χ0n) is 11.3. The zero-order chi connectivity index (χ0) is 14.3. The number of anilines is 1. The maximum Gasteiger partial charge on any atom is 0.337 e. The Bertz CT molecular complexity index is 711. The molecule has 1 aliphatic heterocycles. The zero-order valence-corrected chi connectivity index (χ0v) is 12.1. The lowest BCUT2D eigenvalue weighted by molar-refractivity contribution is 0.268. The third-order valence-electron chi connectivity index (χ3n) is 3.64. The van der Waals surface area contributed by atoms with Gasteiger partial charge in [-0.3, -0.25) is 5.43 Å². The number of fused-ring (bicyclic) bond motifs is 1. The van der Waals surface area contributed by atoms with Crippen molar-refractivity contribution in [3.63, 3.8) is 0 Å². The molecule has 0 radical (unpaired) electrons. The molecule has 20 heavy (non-hydrogen) atoms. The first kappa shape index (κ1) is 13.2. The minimum absolute atomic E-state index is 0.116. The Labute approximate surface area is 121 Å². The Morgan fingerprint density at radius 1 is 1.40 bits per heavy atom. The number of nitrogens with zero attached hydrogens (tertiary/aromatic N) is 1. The van der Waals surface area contributed by atoms with E-state index in [1.165, 1.54) is 6.07 Å². The van der Waals surface area contributed by atoms with E-state index in [0.29, 0.717) is 12.4 Å². The number of hydrogen-bond donors (Lipinski definition) is 1.